The number of aliphatic hydroxyl groups is 1. The molecule has 0 heterocycles. The van der Waals surface area contributed by atoms with Gasteiger partial charge in [0.15, 0.2) is 0 Å². The second-order valence-corrected chi connectivity index (χ2v) is 2.27. The van der Waals surface area contributed by atoms with Gasteiger partial charge < -0.3 is 5.11 Å². The third-order valence-corrected chi connectivity index (χ3v) is 1.69. The van der Waals surface area contributed by atoms with Crippen molar-refractivity contribution in [2.75, 3.05) is 0 Å². The molecule has 1 saturated carbocycles. The fraction of sp³-hybridized carbons (Fsp3) is 1.00. The normalized spacial score (nSPS) is 38.2. The van der Waals surface area contributed by atoms with Gasteiger partial charge in [-0.3, -0.25) is 11.3 Å². The molecule has 48 valence electrons. The monoisotopic (exact) mass is 116 g/mol. The first-order valence-electron chi connectivity index (χ1n) is 2.99. The van der Waals surface area contributed by atoms with E-state index < -0.39 is 0 Å². The Morgan fingerprint density at radius 2 is 2.25 bits per heavy atom. The highest BCUT2D eigenvalue weighted by molar-refractivity contribution is 4.80. The summed E-state index contributed by atoms with van der Waals surface area (Å²) >= 11 is 0. The molecule has 4 N–H and O–H groups in total. The van der Waals surface area contributed by atoms with E-state index in [1.165, 1.54) is 0 Å². The van der Waals surface area contributed by atoms with Crippen LogP contribution >= 0.6 is 0 Å². The molecular weight excluding hydrogens is 104 g/mol. The van der Waals surface area contributed by atoms with E-state index in [4.69, 9.17) is 10.9 Å². The smallest absolute Gasteiger partial charge is 0.0706 e. The second-order valence-electron chi connectivity index (χ2n) is 2.27. The van der Waals surface area contributed by atoms with E-state index in [2.05, 4.69) is 5.43 Å². The number of nitrogens with two attached hydrogens (primary N) is 1. The molecule has 2 atom stereocenters. The average molecular weight is 116 g/mol. The van der Waals surface area contributed by atoms with Crippen LogP contribution < -0.4 is 11.3 Å². The minimum atomic E-state index is -0.208. The Morgan fingerprint density at radius 3 is 2.50 bits per heavy atom. The Labute approximate surface area is 48.8 Å². The van der Waals surface area contributed by atoms with Gasteiger partial charge in [-0.15, -0.1) is 0 Å². The van der Waals surface area contributed by atoms with Gasteiger partial charge in [-0.05, 0) is 19.3 Å². The van der Waals surface area contributed by atoms with E-state index in [0.717, 1.165) is 19.3 Å². The van der Waals surface area contributed by atoms with Crippen LogP contribution in [0, 0.1) is 0 Å². The zero-order chi connectivity index (χ0) is 5.98. The van der Waals surface area contributed by atoms with Crippen molar-refractivity contribution in [1.29, 1.82) is 0 Å². The van der Waals surface area contributed by atoms with Gasteiger partial charge in [0, 0.05) is 6.04 Å². The van der Waals surface area contributed by atoms with Crippen LogP contribution in [0.5, 0.6) is 0 Å². The van der Waals surface area contributed by atoms with Crippen LogP contribution in [-0.2, 0) is 0 Å². The van der Waals surface area contributed by atoms with Gasteiger partial charge in [0.25, 0.3) is 0 Å². The zero-order valence-electron chi connectivity index (χ0n) is 4.80. The molecule has 0 saturated heterocycles. The molecule has 0 aliphatic heterocycles. The fourth-order valence-electron chi connectivity index (χ4n) is 1.13. The van der Waals surface area contributed by atoms with Crippen LogP contribution in [0.4, 0.5) is 0 Å². The Balaban J connectivity index is 2.30. The summed E-state index contributed by atoms with van der Waals surface area (Å²) in [6, 6.07) is 0.148. The van der Waals surface area contributed by atoms with Crippen molar-refractivity contribution >= 4 is 0 Å². The number of hydrogen-bond acceptors (Lipinski definition) is 3. The summed E-state index contributed by atoms with van der Waals surface area (Å²) in [5, 5.41) is 9.05. The summed E-state index contributed by atoms with van der Waals surface area (Å²) in [7, 11) is 0. The van der Waals surface area contributed by atoms with Crippen molar-refractivity contribution in [3.8, 4) is 0 Å². The van der Waals surface area contributed by atoms with E-state index >= 15 is 0 Å². The molecule has 0 aromatic carbocycles. The fourth-order valence-corrected chi connectivity index (χ4v) is 1.13. The van der Waals surface area contributed by atoms with E-state index in [1.54, 1.807) is 0 Å². The lowest BCUT2D eigenvalue weighted by Gasteiger charge is -2.10. The summed E-state index contributed by atoms with van der Waals surface area (Å²) < 4.78 is 0. The third-order valence-electron chi connectivity index (χ3n) is 1.69. The van der Waals surface area contributed by atoms with Crippen molar-refractivity contribution in [2.24, 2.45) is 5.84 Å². The van der Waals surface area contributed by atoms with E-state index in [0.29, 0.717) is 0 Å². The first-order valence-corrected chi connectivity index (χ1v) is 2.99. The molecule has 0 aromatic heterocycles. The van der Waals surface area contributed by atoms with Gasteiger partial charge in [0.1, 0.15) is 0 Å². The number of hydrogen-bond donors (Lipinski definition) is 3. The predicted octanol–water partition coefficient (Wildman–Crippen LogP) is -0.637. The van der Waals surface area contributed by atoms with Crippen LogP contribution in [0.1, 0.15) is 19.3 Å². The summed E-state index contributed by atoms with van der Waals surface area (Å²) in [5.41, 5.74) is 2.56. The lowest BCUT2D eigenvalue weighted by atomic mass is 10.2. The van der Waals surface area contributed by atoms with Gasteiger partial charge in [0.2, 0.25) is 0 Å². The number of nitrogens with one attached hydrogen (secondary N) is 1. The minimum absolute atomic E-state index is 0.148. The number of rotatable bonds is 1. The van der Waals surface area contributed by atoms with Gasteiger partial charge in [-0.2, -0.15) is 0 Å². The largest absolute Gasteiger partial charge is 0.391 e. The standard InChI is InChI=1S/C5H12N2O/c6-7-4-2-1-3-5(4)8/h4-5,7-8H,1-3,6H2/t4-,5+/m1/s1. The minimum Gasteiger partial charge on any atom is -0.391 e. The molecule has 1 aliphatic carbocycles. The number of hydrazine groups is 1. The maximum Gasteiger partial charge on any atom is 0.0706 e. The van der Waals surface area contributed by atoms with Crippen LogP contribution in [0.15, 0.2) is 0 Å². The summed E-state index contributed by atoms with van der Waals surface area (Å²) in [6.07, 6.45) is 2.79. The highest BCUT2D eigenvalue weighted by Crippen LogP contribution is 2.17. The summed E-state index contributed by atoms with van der Waals surface area (Å²) in [6.45, 7) is 0. The topological polar surface area (TPSA) is 58.3 Å². The summed E-state index contributed by atoms with van der Waals surface area (Å²) in [4.78, 5) is 0. The van der Waals surface area contributed by atoms with Crippen LogP contribution in [0.25, 0.3) is 0 Å². The maximum atomic E-state index is 9.05. The molecule has 3 nitrogen and oxygen atoms in total. The molecule has 3 heteroatoms. The van der Waals surface area contributed by atoms with Gasteiger partial charge in [-0.1, -0.05) is 0 Å². The van der Waals surface area contributed by atoms with Crippen molar-refractivity contribution < 1.29 is 5.11 Å². The quantitative estimate of drug-likeness (QED) is 0.315. The van der Waals surface area contributed by atoms with Crippen molar-refractivity contribution in [1.82, 2.24) is 5.43 Å². The molecule has 0 spiro atoms. The van der Waals surface area contributed by atoms with Crippen LogP contribution in [0.2, 0.25) is 0 Å². The zero-order valence-corrected chi connectivity index (χ0v) is 4.80. The van der Waals surface area contributed by atoms with Crippen LogP contribution in [-0.4, -0.2) is 17.3 Å². The van der Waals surface area contributed by atoms with Crippen molar-refractivity contribution in [3.63, 3.8) is 0 Å². The van der Waals surface area contributed by atoms with Gasteiger partial charge in [0.05, 0.1) is 6.10 Å². The van der Waals surface area contributed by atoms with E-state index in [1.807, 2.05) is 0 Å². The molecule has 0 bridgehead atoms. The highest BCUT2D eigenvalue weighted by Gasteiger charge is 2.23. The second kappa shape index (κ2) is 2.44. The molecule has 8 heavy (non-hydrogen) atoms. The summed E-state index contributed by atoms with van der Waals surface area (Å²) in [5.74, 6) is 5.11. The van der Waals surface area contributed by atoms with Crippen LogP contribution in [0.3, 0.4) is 0 Å². The lowest BCUT2D eigenvalue weighted by molar-refractivity contribution is 0.150. The molecule has 1 rings (SSSR count). The van der Waals surface area contributed by atoms with Gasteiger partial charge >= 0.3 is 0 Å². The third kappa shape index (κ3) is 0.992. The Kier molecular flexibility index (Phi) is 1.83. The molecular formula is C5H12N2O. The first kappa shape index (κ1) is 6.01. The Morgan fingerprint density at radius 1 is 1.50 bits per heavy atom. The molecule has 1 aliphatic rings. The highest BCUT2D eigenvalue weighted by atomic mass is 16.3. The van der Waals surface area contributed by atoms with Crippen molar-refractivity contribution in [3.05, 3.63) is 0 Å². The van der Waals surface area contributed by atoms with E-state index in [-0.39, 0.29) is 12.1 Å². The molecule has 0 unspecified atom stereocenters. The number of aliphatic hydroxyl groups excluding tert-OH is 1. The molecule has 0 radical (unpaired) electrons. The van der Waals surface area contributed by atoms with Gasteiger partial charge in [-0.25, -0.2) is 0 Å². The molecule has 0 aromatic rings. The Hall–Kier alpha value is -0.120. The SMILES string of the molecule is NN[C@@H]1CCC[C@@H]1O. The molecule has 1 fully saturated rings. The van der Waals surface area contributed by atoms with Crippen molar-refractivity contribution in [2.45, 2.75) is 31.4 Å². The maximum absolute atomic E-state index is 9.05. The average Bonchev–Trinajstić information content (AvgIpc) is 2.14. The van der Waals surface area contributed by atoms with E-state index in [9.17, 15) is 0 Å². The Bertz CT molecular complexity index is 76.8. The lowest BCUT2D eigenvalue weighted by Crippen LogP contribution is -2.40. The predicted molar refractivity (Wildman–Crippen MR) is 31.0 cm³/mol. The molecule has 0 amide bonds. The first-order chi connectivity index (χ1) is 3.84.